The van der Waals surface area contributed by atoms with Crippen molar-refractivity contribution in [2.45, 2.75) is 6.61 Å². The molecule has 6 nitrogen and oxygen atoms in total. The molecule has 1 aromatic heterocycles. The van der Waals surface area contributed by atoms with Crippen molar-refractivity contribution in [3.8, 4) is 34.3 Å². The first-order valence-electron chi connectivity index (χ1n) is 9.78. The van der Waals surface area contributed by atoms with Crippen LogP contribution in [0.3, 0.4) is 0 Å². The SMILES string of the molecule is COc1cc(-c2cc(=O)c3cc(OCc4ccc(F)cc4)ccc3o2)cc(OC)c1OC. The van der Waals surface area contributed by atoms with E-state index in [1.807, 2.05) is 0 Å². The molecule has 0 aliphatic carbocycles. The van der Waals surface area contributed by atoms with Gasteiger partial charge >= 0.3 is 0 Å². The highest BCUT2D eigenvalue weighted by molar-refractivity contribution is 5.80. The van der Waals surface area contributed by atoms with Crippen LogP contribution < -0.4 is 24.4 Å². The molecule has 0 spiro atoms. The summed E-state index contributed by atoms with van der Waals surface area (Å²) in [7, 11) is 4.56. The lowest BCUT2D eigenvalue weighted by Gasteiger charge is -2.14. The van der Waals surface area contributed by atoms with E-state index in [-0.39, 0.29) is 17.9 Å². The molecule has 4 rings (SSSR count). The molecule has 1 heterocycles. The lowest BCUT2D eigenvalue weighted by atomic mass is 10.1. The molecule has 0 aliphatic rings. The van der Waals surface area contributed by atoms with Crippen LogP contribution in [0, 0.1) is 5.82 Å². The van der Waals surface area contributed by atoms with Gasteiger partial charge in [0.2, 0.25) is 5.75 Å². The second-order valence-corrected chi connectivity index (χ2v) is 6.96. The zero-order valence-corrected chi connectivity index (χ0v) is 17.8. The van der Waals surface area contributed by atoms with Crippen LogP contribution in [0.4, 0.5) is 4.39 Å². The summed E-state index contributed by atoms with van der Waals surface area (Å²) in [6, 6.07) is 15.9. The van der Waals surface area contributed by atoms with E-state index in [1.165, 1.54) is 39.5 Å². The van der Waals surface area contributed by atoms with Crippen LogP contribution >= 0.6 is 0 Å². The molecule has 0 N–H and O–H groups in total. The molecule has 7 heteroatoms. The fourth-order valence-corrected chi connectivity index (χ4v) is 3.34. The molecular weight excluding hydrogens is 415 g/mol. The lowest BCUT2D eigenvalue weighted by Crippen LogP contribution is -2.02. The number of hydrogen-bond donors (Lipinski definition) is 0. The maximum Gasteiger partial charge on any atom is 0.203 e. The van der Waals surface area contributed by atoms with Gasteiger partial charge in [0.05, 0.1) is 26.7 Å². The van der Waals surface area contributed by atoms with Crippen molar-refractivity contribution in [1.82, 2.24) is 0 Å². The third-order valence-corrected chi connectivity index (χ3v) is 4.97. The first-order valence-corrected chi connectivity index (χ1v) is 9.78. The summed E-state index contributed by atoms with van der Waals surface area (Å²) in [6.07, 6.45) is 0. The molecular formula is C25H21FO6. The van der Waals surface area contributed by atoms with Gasteiger partial charge in [-0.05, 0) is 48.0 Å². The standard InChI is InChI=1S/C25H21FO6/c1-28-23-10-16(11-24(29-2)25(23)30-3)22-13-20(27)19-12-18(8-9-21(19)32-22)31-14-15-4-6-17(26)7-5-15/h4-13H,14H2,1-3H3. The number of halogens is 1. The fraction of sp³-hybridized carbons (Fsp3) is 0.160. The van der Waals surface area contributed by atoms with Crippen molar-refractivity contribution >= 4 is 11.0 Å². The minimum absolute atomic E-state index is 0.220. The summed E-state index contributed by atoms with van der Waals surface area (Å²) >= 11 is 0. The molecule has 0 aliphatic heterocycles. The Morgan fingerprint density at radius 3 is 2.16 bits per heavy atom. The first kappa shape index (κ1) is 21.2. The van der Waals surface area contributed by atoms with Gasteiger partial charge in [-0.15, -0.1) is 0 Å². The quantitative estimate of drug-likeness (QED) is 0.397. The van der Waals surface area contributed by atoms with E-state index in [9.17, 15) is 9.18 Å². The maximum atomic E-state index is 13.0. The van der Waals surface area contributed by atoms with Crippen molar-refractivity contribution in [3.63, 3.8) is 0 Å². The number of methoxy groups -OCH3 is 3. The monoisotopic (exact) mass is 436 g/mol. The molecule has 0 bridgehead atoms. The number of benzene rings is 3. The van der Waals surface area contributed by atoms with Crippen LogP contribution in [0.5, 0.6) is 23.0 Å². The smallest absolute Gasteiger partial charge is 0.203 e. The minimum atomic E-state index is -0.306. The highest BCUT2D eigenvalue weighted by Crippen LogP contribution is 2.41. The molecule has 0 atom stereocenters. The number of ether oxygens (including phenoxy) is 4. The zero-order chi connectivity index (χ0) is 22.7. The lowest BCUT2D eigenvalue weighted by molar-refractivity contribution is 0.306. The van der Waals surface area contributed by atoms with E-state index in [2.05, 4.69) is 0 Å². The Labute approximate surface area is 183 Å². The Morgan fingerprint density at radius 2 is 1.53 bits per heavy atom. The second-order valence-electron chi connectivity index (χ2n) is 6.96. The largest absolute Gasteiger partial charge is 0.493 e. The summed E-state index contributed by atoms with van der Waals surface area (Å²) in [6.45, 7) is 0.251. The van der Waals surface area contributed by atoms with Gasteiger partial charge in [0.15, 0.2) is 16.9 Å². The summed E-state index contributed by atoms with van der Waals surface area (Å²) < 4.78 is 40.9. The first-order chi connectivity index (χ1) is 15.5. The van der Waals surface area contributed by atoms with Crippen LogP contribution in [0.2, 0.25) is 0 Å². The molecule has 0 saturated carbocycles. The number of hydrogen-bond acceptors (Lipinski definition) is 6. The van der Waals surface area contributed by atoms with Crippen LogP contribution in [0.25, 0.3) is 22.3 Å². The molecule has 0 fully saturated rings. The zero-order valence-electron chi connectivity index (χ0n) is 17.8. The van der Waals surface area contributed by atoms with Gasteiger partial charge in [0, 0.05) is 11.6 Å². The molecule has 3 aromatic carbocycles. The normalized spacial score (nSPS) is 10.8. The van der Waals surface area contributed by atoms with Crippen molar-refractivity contribution in [2.75, 3.05) is 21.3 Å². The van der Waals surface area contributed by atoms with Crippen molar-refractivity contribution < 1.29 is 27.8 Å². The van der Waals surface area contributed by atoms with Gasteiger partial charge in [-0.25, -0.2) is 4.39 Å². The molecule has 0 saturated heterocycles. The van der Waals surface area contributed by atoms with E-state index in [0.717, 1.165) is 5.56 Å². The average molecular weight is 436 g/mol. The Balaban J connectivity index is 1.67. The molecule has 0 radical (unpaired) electrons. The van der Waals surface area contributed by atoms with Gasteiger partial charge < -0.3 is 23.4 Å². The fourth-order valence-electron chi connectivity index (χ4n) is 3.34. The third kappa shape index (κ3) is 4.23. The summed E-state index contributed by atoms with van der Waals surface area (Å²) in [5.41, 5.74) is 1.61. The molecule has 164 valence electrons. The van der Waals surface area contributed by atoms with Crippen LogP contribution in [0.15, 0.2) is 69.9 Å². The van der Waals surface area contributed by atoms with Crippen molar-refractivity contribution in [2.24, 2.45) is 0 Å². The number of fused-ring (bicyclic) bond motifs is 1. The highest BCUT2D eigenvalue weighted by atomic mass is 19.1. The van der Waals surface area contributed by atoms with Gasteiger partial charge in [0.1, 0.15) is 29.5 Å². The Hall–Kier alpha value is -4.00. The predicted molar refractivity (Wildman–Crippen MR) is 118 cm³/mol. The number of rotatable bonds is 7. The van der Waals surface area contributed by atoms with Crippen LogP contribution in [-0.4, -0.2) is 21.3 Å². The molecule has 0 amide bonds. The van der Waals surface area contributed by atoms with E-state index in [4.69, 9.17) is 23.4 Å². The van der Waals surface area contributed by atoms with E-state index >= 15 is 0 Å². The third-order valence-electron chi connectivity index (χ3n) is 4.97. The van der Waals surface area contributed by atoms with Gasteiger partial charge in [-0.2, -0.15) is 0 Å². The maximum absolute atomic E-state index is 13.0. The summed E-state index contributed by atoms with van der Waals surface area (Å²) in [5, 5.41) is 0.387. The predicted octanol–water partition coefficient (Wildman–Crippen LogP) is 5.20. The van der Waals surface area contributed by atoms with Gasteiger partial charge in [0.25, 0.3) is 0 Å². The Kier molecular flexibility index (Phi) is 5.98. The average Bonchev–Trinajstić information content (AvgIpc) is 2.82. The van der Waals surface area contributed by atoms with E-state index < -0.39 is 0 Å². The van der Waals surface area contributed by atoms with E-state index in [0.29, 0.717) is 45.3 Å². The Morgan fingerprint density at radius 1 is 0.844 bits per heavy atom. The van der Waals surface area contributed by atoms with Crippen LogP contribution in [0.1, 0.15) is 5.56 Å². The minimum Gasteiger partial charge on any atom is -0.493 e. The summed E-state index contributed by atoms with van der Waals surface area (Å²) in [4.78, 5) is 12.8. The molecule has 4 aromatic rings. The highest BCUT2D eigenvalue weighted by Gasteiger charge is 2.16. The van der Waals surface area contributed by atoms with Crippen molar-refractivity contribution in [1.29, 1.82) is 0 Å². The van der Waals surface area contributed by atoms with Gasteiger partial charge in [-0.1, -0.05) is 12.1 Å². The Bertz CT molecular complexity index is 1290. The summed E-state index contributed by atoms with van der Waals surface area (Å²) in [5.74, 6) is 1.92. The molecule has 0 unspecified atom stereocenters. The van der Waals surface area contributed by atoms with Crippen LogP contribution in [-0.2, 0) is 6.61 Å². The van der Waals surface area contributed by atoms with Crippen molar-refractivity contribution in [3.05, 3.63) is 82.3 Å². The van der Waals surface area contributed by atoms with E-state index in [1.54, 1.807) is 42.5 Å². The topological polar surface area (TPSA) is 67.1 Å². The molecule has 32 heavy (non-hydrogen) atoms. The second kappa shape index (κ2) is 9.01. The van der Waals surface area contributed by atoms with Gasteiger partial charge in [-0.3, -0.25) is 4.79 Å².